The maximum absolute atomic E-state index is 14.6. The molecular weight excluding hydrogens is 625 g/mol. The molecule has 0 aromatic heterocycles. The molecule has 0 spiro atoms. The first-order valence-electron chi connectivity index (χ1n) is 14.6. The lowest BCUT2D eigenvalue weighted by atomic mass is 9.88. The Balaban J connectivity index is 2.32. The number of benzene rings is 2. The van der Waals surface area contributed by atoms with Crippen molar-refractivity contribution < 1.29 is 51.3 Å². The number of halogens is 3. The molecule has 0 fully saturated rings. The number of amides is 3. The molecule has 0 aliphatic rings. The lowest BCUT2D eigenvalue weighted by Crippen LogP contribution is -2.66. The van der Waals surface area contributed by atoms with Crippen molar-refractivity contribution in [2.75, 3.05) is 0 Å². The molecule has 15 heteroatoms. The first kappa shape index (κ1) is 38.4. The normalized spacial score (nSPS) is 13.0. The molecule has 0 saturated carbocycles. The molecule has 1 atom stereocenters. The number of nitrogens with one attached hydrogen (secondary N) is 3. The summed E-state index contributed by atoms with van der Waals surface area (Å²) in [6.07, 6.45) is -9.45. The van der Waals surface area contributed by atoms with E-state index in [0.717, 1.165) is 12.1 Å². The number of ether oxygens (including phenoxy) is 4. The van der Waals surface area contributed by atoms with Gasteiger partial charge in [0.05, 0.1) is 5.69 Å². The quantitative estimate of drug-likeness (QED) is 0.0904. The molecule has 0 heterocycles. The Morgan fingerprint density at radius 1 is 0.766 bits per heavy atom. The monoisotopic (exact) mass is 666 g/mol. The van der Waals surface area contributed by atoms with E-state index >= 15 is 0 Å². The lowest BCUT2D eigenvalue weighted by molar-refractivity contribution is -0.210. The van der Waals surface area contributed by atoms with E-state index in [2.05, 4.69) is 15.6 Å². The van der Waals surface area contributed by atoms with Crippen LogP contribution in [0.5, 0.6) is 5.75 Å². The molecule has 0 radical (unpaired) electrons. The molecule has 258 valence electrons. The molecule has 3 N–H and O–H groups in total. The summed E-state index contributed by atoms with van der Waals surface area (Å²) in [5, 5.41) is 6.30. The van der Waals surface area contributed by atoms with Gasteiger partial charge in [0.15, 0.2) is 0 Å². The molecule has 0 aliphatic carbocycles. The van der Waals surface area contributed by atoms with E-state index in [-0.39, 0.29) is 24.0 Å². The number of esters is 1. The number of carbonyl (C=O) groups excluding carboxylic acids is 4. The summed E-state index contributed by atoms with van der Waals surface area (Å²) < 4.78 is 64.1. The highest BCUT2D eigenvalue weighted by molar-refractivity contribution is 6.02. The van der Waals surface area contributed by atoms with Crippen LogP contribution in [0, 0.1) is 5.92 Å². The summed E-state index contributed by atoms with van der Waals surface area (Å²) >= 11 is 0. The Labute approximate surface area is 271 Å². The van der Waals surface area contributed by atoms with Crippen LogP contribution >= 0.6 is 0 Å². The van der Waals surface area contributed by atoms with Gasteiger partial charge in [0.25, 0.3) is 0 Å². The number of rotatable bonds is 8. The first-order chi connectivity index (χ1) is 21.6. The molecule has 2 rings (SSSR count). The van der Waals surface area contributed by atoms with Gasteiger partial charge >= 0.3 is 30.4 Å². The highest BCUT2D eigenvalue weighted by Crippen LogP contribution is 2.37. The number of guanidine groups is 1. The second-order valence-corrected chi connectivity index (χ2v) is 12.8. The Hall–Kier alpha value is -4.82. The minimum atomic E-state index is -5.26. The number of alkyl carbamates (subject to hydrolysis) is 3. The van der Waals surface area contributed by atoms with Gasteiger partial charge in [0.2, 0.25) is 11.5 Å². The Kier molecular flexibility index (Phi) is 12.8. The summed E-state index contributed by atoms with van der Waals surface area (Å²) in [4.78, 5) is 54.6. The van der Waals surface area contributed by atoms with Crippen LogP contribution in [0.3, 0.4) is 0 Å². The minimum absolute atomic E-state index is 0.0822. The predicted octanol–water partition coefficient (Wildman–Crippen LogP) is 6.90. The highest BCUT2D eigenvalue weighted by Gasteiger charge is 2.63. The summed E-state index contributed by atoms with van der Waals surface area (Å²) in [5.41, 5.74) is -4.57. The molecule has 0 aliphatic heterocycles. The van der Waals surface area contributed by atoms with E-state index in [1.54, 1.807) is 77.2 Å². The fourth-order valence-electron chi connectivity index (χ4n) is 3.83. The van der Waals surface area contributed by atoms with Gasteiger partial charge in [-0.3, -0.25) is 16.0 Å². The largest absolute Gasteiger partial charge is 0.445 e. The third-order valence-corrected chi connectivity index (χ3v) is 5.60. The SMILES string of the molecule is CC(C)CC(NC(=O)OCc1ccccc1)(C(=O)Oc1ccc(N=C(NC(=O)OC(C)(C)C)NC(=O)OC(C)(C)C)cc1)C(F)(F)F. The third-order valence-electron chi connectivity index (χ3n) is 5.60. The number of alkyl halides is 3. The molecule has 0 saturated heterocycles. The van der Waals surface area contributed by atoms with Crippen LogP contribution < -0.4 is 20.7 Å². The van der Waals surface area contributed by atoms with E-state index in [9.17, 15) is 32.3 Å². The zero-order chi connectivity index (χ0) is 35.6. The van der Waals surface area contributed by atoms with E-state index in [1.165, 1.54) is 26.0 Å². The maximum atomic E-state index is 14.6. The smallest absolute Gasteiger partial charge is 0.422 e. The van der Waals surface area contributed by atoms with E-state index < -0.39 is 59.5 Å². The second kappa shape index (κ2) is 15.6. The second-order valence-electron chi connectivity index (χ2n) is 12.8. The average Bonchev–Trinajstić information content (AvgIpc) is 2.90. The van der Waals surface area contributed by atoms with Crippen molar-refractivity contribution in [2.45, 2.75) is 91.3 Å². The van der Waals surface area contributed by atoms with Crippen molar-refractivity contribution in [1.82, 2.24) is 16.0 Å². The lowest BCUT2D eigenvalue weighted by Gasteiger charge is -2.34. The van der Waals surface area contributed by atoms with Gasteiger partial charge in [-0.1, -0.05) is 44.2 Å². The Morgan fingerprint density at radius 3 is 1.72 bits per heavy atom. The van der Waals surface area contributed by atoms with Crippen LogP contribution in [0.4, 0.5) is 33.2 Å². The van der Waals surface area contributed by atoms with Crippen LogP contribution in [0.1, 0.15) is 67.4 Å². The van der Waals surface area contributed by atoms with Gasteiger partial charge in [-0.15, -0.1) is 0 Å². The fourth-order valence-corrected chi connectivity index (χ4v) is 3.83. The van der Waals surface area contributed by atoms with Crippen LogP contribution in [0.15, 0.2) is 59.6 Å². The third kappa shape index (κ3) is 13.2. The van der Waals surface area contributed by atoms with Gasteiger partial charge in [-0.2, -0.15) is 13.2 Å². The van der Waals surface area contributed by atoms with Crippen LogP contribution in [-0.2, 0) is 25.6 Å². The number of hydrogen-bond acceptors (Lipinski definition) is 9. The topological polar surface area (TPSA) is 154 Å². The first-order valence-corrected chi connectivity index (χ1v) is 14.6. The van der Waals surface area contributed by atoms with E-state index in [4.69, 9.17) is 18.9 Å². The Morgan fingerprint density at radius 2 is 1.28 bits per heavy atom. The van der Waals surface area contributed by atoms with Gasteiger partial charge in [-0.05, 0) is 83.7 Å². The van der Waals surface area contributed by atoms with Gasteiger partial charge < -0.3 is 18.9 Å². The molecule has 47 heavy (non-hydrogen) atoms. The highest BCUT2D eigenvalue weighted by atomic mass is 19.4. The van der Waals surface area contributed by atoms with Gasteiger partial charge in [-0.25, -0.2) is 24.2 Å². The van der Waals surface area contributed by atoms with Crippen LogP contribution in [0.25, 0.3) is 0 Å². The van der Waals surface area contributed by atoms with Crippen molar-refractivity contribution in [3.63, 3.8) is 0 Å². The molecular formula is C32H41F3N4O8. The van der Waals surface area contributed by atoms with Crippen LogP contribution in [0.2, 0.25) is 0 Å². The Bertz CT molecular complexity index is 1390. The van der Waals surface area contributed by atoms with Gasteiger partial charge in [0.1, 0.15) is 23.6 Å². The summed E-state index contributed by atoms with van der Waals surface area (Å²) in [7, 11) is 0. The van der Waals surface area contributed by atoms with Gasteiger partial charge in [0, 0.05) is 0 Å². The maximum Gasteiger partial charge on any atom is 0.422 e. The molecule has 1 unspecified atom stereocenters. The number of aliphatic imine (C=N–C) groups is 1. The zero-order valence-electron chi connectivity index (χ0n) is 27.5. The molecule has 2 aromatic carbocycles. The van der Waals surface area contributed by atoms with Crippen molar-refractivity contribution in [2.24, 2.45) is 10.9 Å². The number of nitrogens with zero attached hydrogens (tertiary/aromatic N) is 1. The van der Waals surface area contributed by atoms with Crippen LogP contribution in [-0.4, -0.2) is 53.1 Å². The zero-order valence-corrected chi connectivity index (χ0v) is 27.5. The average molecular weight is 667 g/mol. The molecule has 3 amide bonds. The summed E-state index contributed by atoms with van der Waals surface area (Å²) in [5.74, 6) is -3.19. The van der Waals surface area contributed by atoms with Crippen molar-refractivity contribution in [3.05, 3.63) is 60.2 Å². The number of hydrogen-bond donors (Lipinski definition) is 3. The minimum Gasteiger partial charge on any atom is -0.445 e. The van der Waals surface area contributed by atoms with Crippen molar-refractivity contribution >= 4 is 35.9 Å². The van der Waals surface area contributed by atoms with Crippen molar-refractivity contribution in [3.8, 4) is 5.75 Å². The summed E-state index contributed by atoms with van der Waals surface area (Å²) in [6.45, 7) is 12.3. The number of carbonyl (C=O) groups is 4. The standard InChI is InChI=1S/C32H41F3N4O8/c1-20(2)18-31(32(33,34)35,39-28(43)44-19-21-12-10-9-11-13-21)24(40)45-23-16-14-22(15-17-23)36-25(37-26(41)46-29(3,4)5)38-27(42)47-30(6,7)8/h9-17,20H,18-19H2,1-8H3,(H,39,43)(H2,36,37,38,41,42). The fraction of sp³-hybridized carbons (Fsp3) is 0.469. The van der Waals surface area contributed by atoms with E-state index in [1.807, 2.05) is 0 Å². The van der Waals surface area contributed by atoms with E-state index in [0.29, 0.717) is 5.56 Å². The molecule has 2 aromatic rings. The molecule has 0 bridgehead atoms. The summed E-state index contributed by atoms with van der Waals surface area (Å²) in [6, 6.07) is 13.0. The molecule has 12 nitrogen and oxygen atoms in total. The predicted molar refractivity (Wildman–Crippen MR) is 166 cm³/mol. The van der Waals surface area contributed by atoms with Crippen molar-refractivity contribution in [1.29, 1.82) is 0 Å².